The van der Waals surface area contributed by atoms with Crippen LogP contribution in [0, 0.1) is 0 Å². The fourth-order valence-corrected chi connectivity index (χ4v) is 3.13. The molecule has 0 N–H and O–H groups in total. The lowest BCUT2D eigenvalue weighted by Crippen LogP contribution is -2.45. The molecule has 5 heteroatoms. The summed E-state index contributed by atoms with van der Waals surface area (Å²) in [5, 5.41) is 0. The molecule has 2 aromatic rings. The first kappa shape index (κ1) is 17.7. The van der Waals surface area contributed by atoms with Crippen molar-refractivity contribution in [3.8, 4) is 0 Å². The highest BCUT2D eigenvalue weighted by Gasteiger charge is 2.26. The van der Waals surface area contributed by atoms with Crippen molar-refractivity contribution in [3.05, 3.63) is 59.5 Å². The molecule has 1 aromatic heterocycles. The summed E-state index contributed by atoms with van der Waals surface area (Å²) in [6.07, 6.45) is 3.13. The van der Waals surface area contributed by atoms with E-state index < -0.39 is 0 Å². The van der Waals surface area contributed by atoms with Crippen LogP contribution in [0.5, 0.6) is 0 Å². The molecule has 0 bridgehead atoms. The number of benzene rings is 1. The van der Waals surface area contributed by atoms with Gasteiger partial charge in [0.1, 0.15) is 12.4 Å². The number of nitrogens with zero attached hydrogens (tertiary/aromatic N) is 1. The Morgan fingerprint density at radius 3 is 2.88 bits per heavy atom. The largest absolute Gasteiger partial charge is 0.453 e. The Hall–Kier alpha value is -2.11. The molecule has 5 nitrogen and oxygen atoms in total. The van der Waals surface area contributed by atoms with Crippen LogP contribution in [0.1, 0.15) is 34.7 Å². The number of morpholine rings is 1. The van der Waals surface area contributed by atoms with E-state index in [-0.39, 0.29) is 12.0 Å². The van der Waals surface area contributed by atoms with Gasteiger partial charge in [0.15, 0.2) is 5.76 Å². The van der Waals surface area contributed by atoms with Gasteiger partial charge in [0.2, 0.25) is 0 Å². The molecule has 1 fully saturated rings. The van der Waals surface area contributed by atoms with Crippen LogP contribution in [0.3, 0.4) is 0 Å². The van der Waals surface area contributed by atoms with E-state index in [1.54, 1.807) is 19.2 Å². The molecule has 0 unspecified atom stereocenters. The third-order valence-corrected chi connectivity index (χ3v) is 4.42. The molecule has 134 valence electrons. The number of methoxy groups -OCH3 is 1. The Kier molecular flexibility index (Phi) is 6.25. The van der Waals surface area contributed by atoms with Crippen molar-refractivity contribution in [1.82, 2.24) is 4.90 Å². The molecule has 1 saturated heterocycles. The lowest BCUT2D eigenvalue weighted by Gasteiger charge is -2.32. The van der Waals surface area contributed by atoms with E-state index in [4.69, 9.17) is 13.9 Å². The first-order chi connectivity index (χ1) is 12.3. The fraction of sp³-hybridized carbons (Fsp3) is 0.450. The molecule has 0 saturated carbocycles. The van der Waals surface area contributed by atoms with Crippen LogP contribution in [0.25, 0.3) is 0 Å². The number of rotatable bonds is 7. The van der Waals surface area contributed by atoms with E-state index in [2.05, 4.69) is 24.3 Å². The van der Waals surface area contributed by atoms with Gasteiger partial charge < -0.3 is 18.8 Å². The third kappa shape index (κ3) is 4.94. The predicted molar refractivity (Wildman–Crippen MR) is 94.4 cm³/mol. The average Bonchev–Trinajstić information content (AvgIpc) is 3.11. The van der Waals surface area contributed by atoms with Crippen LogP contribution in [-0.2, 0) is 22.5 Å². The van der Waals surface area contributed by atoms with Crippen molar-refractivity contribution in [2.75, 3.05) is 26.8 Å². The van der Waals surface area contributed by atoms with E-state index >= 15 is 0 Å². The van der Waals surface area contributed by atoms with Crippen LogP contribution in [0.4, 0.5) is 0 Å². The minimum atomic E-state index is -0.0706. The average molecular weight is 343 g/mol. The van der Waals surface area contributed by atoms with E-state index in [0.29, 0.717) is 37.8 Å². The van der Waals surface area contributed by atoms with Gasteiger partial charge in [0, 0.05) is 20.2 Å². The lowest BCUT2D eigenvalue weighted by atomic mass is 10.1. The molecule has 25 heavy (non-hydrogen) atoms. The van der Waals surface area contributed by atoms with Crippen LogP contribution in [0.2, 0.25) is 0 Å². The molecule has 0 spiro atoms. The second kappa shape index (κ2) is 8.83. The number of hydrogen-bond acceptors (Lipinski definition) is 4. The van der Waals surface area contributed by atoms with Gasteiger partial charge in [0.25, 0.3) is 5.91 Å². The van der Waals surface area contributed by atoms with E-state index in [1.807, 2.05) is 11.0 Å². The van der Waals surface area contributed by atoms with Crippen LogP contribution < -0.4 is 0 Å². The van der Waals surface area contributed by atoms with Crippen molar-refractivity contribution in [2.24, 2.45) is 0 Å². The Balaban J connectivity index is 1.49. The van der Waals surface area contributed by atoms with Crippen molar-refractivity contribution in [3.63, 3.8) is 0 Å². The summed E-state index contributed by atoms with van der Waals surface area (Å²) in [6, 6.07) is 14.0. The fourth-order valence-electron chi connectivity index (χ4n) is 3.13. The Morgan fingerprint density at radius 1 is 1.24 bits per heavy atom. The van der Waals surface area contributed by atoms with Crippen LogP contribution >= 0.6 is 0 Å². The first-order valence-electron chi connectivity index (χ1n) is 8.78. The first-order valence-corrected chi connectivity index (χ1v) is 8.78. The summed E-state index contributed by atoms with van der Waals surface area (Å²) >= 11 is 0. The molecule has 0 radical (unpaired) electrons. The SMILES string of the molecule is COCc1ccc(C(=O)N2CCO[C@@H](CCCc3ccccc3)C2)o1. The lowest BCUT2D eigenvalue weighted by molar-refractivity contribution is -0.0264. The molecule has 2 heterocycles. The Bertz CT molecular complexity index is 667. The molecule has 1 amide bonds. The van der Waals surface area contributed by atoms with Gasteiger partial charge in [-0.3, -0.25) is 4.79 Å². The molecule has 1 atom stereocenters. The number of amides is 1. The maximum atomic E-state index is 12.6. The van der Waals surface area contributed by atoms with E-state index in [9.17, 15) is 4.79 Å². The third-order valence-electron chi connectivity index (χ3n) is 4.42. The van der Waals surface area contributed by atoms with Crippen molar-refractivity contribution >= 4 is 5.91 Å². The number of carbonyl (C=O) groups is 1. The Morgan fingerprint density at radius 2 is 2.08 bits per heavy atom. The summed E-state index contributed by atoms with van der Waals surface area (Å²) in [4.78, 5) is 14.4. The molecule has 1 aromatic carbocycles. The van der Waals surface area contributed by atoms with E-state index in [0.717, 1.165) is 19.3 Å². The zero-order valence-electron chi connectivity index (χ0n) is 14.6. The van der Waals surface area contributed by atoms with Crippen molar-refractivity contribution in [1.29, 1.82) is 0 Å². The van der Waals surface area contributed by atoms with Crippen LogP contribution in [0.15, 0.2) is 46.9 Å². The second-order valence-electron chi connectivity index (χ2n) is 6.32. The quantitative estimate of drug-likeness (QED) is 0.774. The number of hydrogen-bond donors (Lipinski definition) is 0. The normalized spacial score (nSPS) is 17.6. The molecular weight excluding hydrogens is 318 g/mol. The van der Waals surface area contributed by atoms with Crippen molar-refractivity contribution < 1.29 is 18.7 Å². The molecule has 1 aliphatic heterocycles. The molecule has 3 rings (SSSR count). The minimum Gasteiger partial charge on any atom is -0.453 e. The van der Waals surface area contributed by atoms with Gasteiger partial charge in [0.05, 0.1) is 12.7 Å². The van der Waals surface area contributed by atoms with E-state index in [1.165, 1.54) is 5.56 Å². The standard InChI is InChI=1S/C20H25NO4/c1-23-15-18-10-11-19(25-18)20(22)21-12-13-24-17(14-21)9-5-8-16-6-3-2-4-7-16/h2-4,6-7,10-11,17H,5,8-9,12-15H2,1H3/t17-/m0/s1. The summed E-state index contributed by atoms with van der Waals surface area (Å²) in [5.41, 5.74) is 1.34. The van der Waals surface area contributed by atoms with Crippen LogP contribution in [-0.4, -0.2) is 43.7 Å². The van der Waals surface area contributed by atoms with Gasteiger partial charge >= 0.3 is 0 Å². The highest BCUT2D eigenvalue weighted by atomic mass is 16.5. The molecular formula is C20H25NO4. The van der Waals surface area contributed by atoms with Gasteiger partial charge in [-0.15, -0.1) is 0 Å². The topological polar surface area (TPSA) is 51.9 Å². The minimum absolute atomic E-state index is 0.0706. The number of carbonyl (C=O) groups excluding carboxylic acids is 1. The summed E-state index contributed by atoms with van der Waals surface area (Å²) in [5.74, 6) is 0.967. The Labute approximate surface area is 148 Å². The highest BCUT2D eigenvalue weighted by Crippen LogP contribution is 2.17. The summed E-state index contributed by atoms with van der Waals surface area (Å²) < 4.78 is 16.4. The monoisotopic (exact) mass is 343 g/mol. The number of aryl methyl sites for hydroxylation is 1. The maximum Gasteiger partial charge on any atom is 0.289 e. The van der Waals surface area contributed by atoms with Gasteiger partial charge in [-0.2, -0.15) is 0 Å². The smallest absolute Gasteiger partial charge is 0.289 e. The zero-order chi connectivity index (χ0) is 17.5. The van der Waals surface area contributed by atoms with Gasteiger partial charge in [-0.25, -0.2) is 0 Å². The van der Waals surface area contributed by atoms with Crippen molar-refractivity contribution in [2.45, 2.75) is 32.0 Å². The number of furan rings is 1. The summed E-state index contributed by atoms with van der Waals surface area (Å²) in [7, 11) is 1.60. The predicted octanol–water partition coefficient (Wildman–Crippen LogP) is 3.29. The molecule has 1 aliphatic rings. The van der Waals surface area contributed by atoms with Gasteiger partial charge in [-0.05, 0) is 37.0 Å². The number of ether oxygens (including phenoxy) is 2. The van der Waals surface area contributed by atoms with Gasteiger partial charge in [-0.1, -0.05) is 30.3 Å². The molecule has 0 aliphatic carbocycles. The second-order valence-corrected chi connectivity index (χ2v) is 6.32. The summed E-state index contributed by atoms with van der Waals surface area (Å²) in [6.45, 7) is 2.17. The highest BCUT2D eigenvalue weighted by molar-refractivity contribution is 5.91. The zero-order valence-corrected chi connectivity index (χ0v) is 14.6. The maximum absolute atomic E-state index is 12.6.